The minimum absolute atomic E-state index is 0.211. The van der Waals surface area contributed by atoms with Gasteiger partial charge in [0.15, 0.2) is 11.5 Å². The smallest absolute Gasteiger partial charge is 0.231 e. The largest absolute Gasteiger partial charge is 0.497 e. The van der Waals surface area contributed by atoms with Crippen LogP contribution in [0.25, 0.3) is 0 Å². The van der Waals surface area contributed by atoms with Crippen LogP contribution in [0.3, 0.4) is 0 Å². The number of rotatable bonds is 9. The predicted octanol–water partition coefficient (Wildman–Crippen LogP) is 3.72. The Balaban J connectivity index is 1.49. The van der Waals surface area contributed by atoms with E-state index in [0.29, 0.717) is 0 Å². The molecule has 0 aliphatic carbocycles. The topological polar surface area (TPSA) is 53.5 Å². The van der Waals surface area contributed by atoms with Crippen LogP contribution in [0.4, 0.5) is 0 Å². The minimum Gasteiger partial charge on any atom is -0.497 e. The molecular weight excluding hydrogens is 378 g/mol. The minimum atomic E-state index is 0.211. The second-order valence-electron chi connectivity index (χ2n) is 7.33. The highest BCUT2D eigenvalue weighted by molar-refractivity contribution is 5.49. The normalized spacial score (nSPS) is 13.1. The zero-order chi connectivity index (χ0) is 20.8. The standard InChI is InChI=1S/C25H27NO4/c1-27-20-10-7-18(8-11-20)16-26-14-13-21(22-5-3-4-6-23(22)28-2)19-9-12-24-25(15-19)30-17-29-24/h3-12,15,21,26H,13-14,16-17H2,1-2H3/p+1/t21-/m0/s1. The molecule has 1 atom stereocenters. The van der Waals surface area contributed by atoms with Crippen LogP contribution in [0.5, 0.6) is 23.0 Å². The van der Waals surface area contributed by atoms with Gasteiger partial charge in [0.25, 0.3) is 0 Å². The van der Waals surface area contributed by atoms with Crippen LogP contribution in [-0.4, -0.2) is 27.6 Å². The van der Waals surface area contributed by atoms with Gasteiger partial charge in [0, 0.05) is 23.5 Å². The van der Waals surface area contributed by atoms with Gasteiger partial charge in [0.2, 0.25) is 6.79 Å². The maximum atomic E-state index is 5.66. The van der Waals surface area contributed by atoms with Gasteiger partial charge in [-0.2, -0.15) is 0 Å². The number of hydrogen-bond donors (Lipinski definition) is 1. The second-order valence-corrected chi connectivity index (χ2v) is 7.33. The Bertz CT molecular complexity index is 971. The quantitative estimate of drug-likeness (QED) is 0.551. The monoisotopic (exact) mass is 406 g/mol. The van der Waals surface area contributed by atoms with E-state index in [9.17, 15) is 0 Å². The van der Waals surface area contributed by atoms with Crippen LogP contribution in [-0.2, 0) is 6.54 Å². The molecule has 0 spiro atoms. The lowest BCUT2D eigenvalue weighted by atomic mass is 9.87. The van der Waals surface area contributed by atoms with Crippen molar-refractivity contribution in [2.45, 2.75) is 18.9 Å². The molecular formula is C25H28NO4+. The molecule has 5 nitrogen and oxygen atoms in total. The molecule has 3 aromatic carbocycles. The highest BCUT2D eigenvalue weighted by Crippen LogP contribution is 2.39. The Kier molecular flexibility index (Phi) is 6.40. The number of para-hydroxylation sites is 1. The summed E-state index contributed by atoms with van der Waals surface area (Å²) in [5, 5.41) is 2.34. The molecule has 0 fully saturated rings. The molecule has 5 heteroatoms. The summed E-state index contributed by atoms with van der Waals surface area (Å²) in [5.74, 6) is 3.63. The van der Waals surface area contributed by atoms with Gasteiger partial charge in [0.05, 0.1) is 20.8 Å². The Labute approximate surface area is 177 Å². The average molecular weight is 407 g/mol. The first kappa shape index (κ1) is 20.1. The SMILES string of the molecule is COc1ccc(C[NH2+]CC[C@@H](c2ccc3c(c2)OCO3)c2ccccc2OC)cc1. The molecule has 3 aromatic rings. The van der Waals surface area contributed by atoms with Crippen molar-refractivity contribution in [2.24, 2.45) is 0 Å². The fraction of sp³-hybridized carbons (Fsp3) is 0.280. The molecule has 1 aliphatic rings. The number of quaternary nitrogens is 1. The zero-order valence-electron chi connectivity index (χ0n) is 17.5. The average Bonchev–Trinajstić information content (AvgIpc) is 3.27. The fourth-order valence-electron chi connectivity index (χ4n) is 3.90. The van der Waals surface area contributed by atoms with Crippen molar-refractivity contribution in [3.8, 4) is 23.0 Å². The fourth-order valence-corrected chi connectivity index (χ4v) is 3.90. The number of benzene rings is 3. The Morgan fingerprint density at radius 1 is 0.900 bits per heavy atom. The lowest BCUT2D eigenvalue weighted by molar-refractivity contribution is -0.671. The van der Waals surface area contributed by atoms with Crippen molar-refractivity contribution in [3.05, 3.63) is 83.4 Å². The molecule has 0 radical (unpaired) electrons. The van der Waals surface area contributed by atoms with E-state index < -0.39 is 0 Å². The lowest BCUT2D eigenvalue weighted by Gasteiger charge is -2.20. The van der Waals surface area contributed by atoms with Crippen LogP contribution in [0.2, 0.25) is 0 Å². The van der Waals surface area contributed by atoms with Gasteiger partial charge >= 0.3 is 0 Å². The summed E-state index contributed by atoms with van der Waals surface area (Å²) in [5.41, 5.74) is 3.69. The third-order valence-corrected chi connectivity index (χ3v) is 5.51. The summed E-state index contributed by atoms with van der Waals surface area (Å²) in [4.78, 5) is 0. The van der Waals surface area contributed by atoms with Crippen molar-refractivity contribution < 1.29 is 24.3 Å². The molecule has 156 valence electrons. The molecule has 0 aromatic heterocycles. The number of methoxy groups -OCH3 is 2. The first-order valence-corrected chi connectivity index (χ1v) is 10.3. The summed E-state index contributed by atoms with van der Waals surface area (Å²) in [6.07, 6.45) is 0.982. The van der Waals surface area contributed by atoms with Crippen LogP contribution in [0.15, 0.2) is 66.7 Å². The van der Waals surface area contributed by atoms with E-state index in [1.54, 1.807) is 14.2 Å². The van der Waals surface area contributed by atoms with Crippen LogP contribution in [0, 0.1) is 0 Å². The maximum absolute atomic E-state index is 5.66. The molecule has 0 unspecified atom stereocenters. The third-order valence-electron chi connectivity index (χ3n) is 5.51. The summed E-state index contributed by atoms with van der Waals surface area (Å²) in [7, 11) is 3.42. The van der Waals surface area contributed by atoms with E-state index in [2.05, 4.69) is 41.7 Å². The maximum Gasteiger partial charge on any atom is 0.231 e. The van der Waals surface area contributed by atoms with E-state index >= 15 is 0 Å². The first-order chi connectivity index (χ1) is 14.8. The van der Waals surface area contributed by atoms with Crippen molar-refractivity contribution in [2.75, 3.05) is 27.6 Å². The summed E-state index contributed by atoms with van der Waals surface area (Å²) in [6.45, 7) is 2.21. The third kappa shape index (κ3) is 4.52. The van der Waals surface area contributed by atoms with Crippen molar-refractivity contribution >= 4 is 0 Å². The van der Waals surface area contributed by atoms with E-state index in [1.807, 2.05) is 30.3 Å². The highest BCUT2D eigenvalue weighted by Gasteiger charge is 2.22. The van der Waals surface area contributed by atoms with E-state index in [0.717, 1.165) is 42.5 Å². The van der Waals surface area contributed by atoms with Crippen LogP contribution in [0.1, 0.15) is 29.0 Å². The van der Waals surface area contributed by atoms with E-state index in [4.69, 9.17) is 18.9 Å². The van der Waals surface area contributed by atoms with Gasteiger partial charge in [-0.15, -0.1) is 0 Å². The molecule has 0 saturated heterocycles. The predicted molar refractivity (Wildman–Crippen MR) is 116 cm³/mol. The molecule has 0 amide bonds. The van der Waals surface area contributed by atoms with Crippen molar-refractivity contribution in [3.63, 3.8) is 0 Å². The van der Waals surface area contributed by atoms with Gasteiger partial charge in [-0.25, -0.2) is 0 Å². The summed E-state index contributed by atoms with van der Waals surface area (Å²) >= 11 is 0. The Morgan fingerprint density at radius 3 is 2.50 bits per heavy atom. The van der Waals surface area contributed by atoms with Gasteiger partial charge in [0.1, 0.15) is 18.0 Å². The molecule has 2 N–H and O–H groups in total. The molecule has 0 bridgehead atoms. The van der Waals surface area contributed by atoms with Crippen LogP contribution >= 0.6 is 0 Å². The van der Waals surface area contributed by atoms with Crippen LogP contribution < -0.4 is 24.3 Å². The number of ether oxygens (including phenoxy) is 4. The molecule has 30 heavy (non-hydrogen) atoms. The Morgan fingerprint density at radius 2 is 1.70 bits per heavy atom. The summed E-state index contributed by atoms with van der Waals surface area (Å²) < 4.78 is 22.0. The lowest BCUT2D eigenvalue weighted by Crippen LogP contribution is -2.82. The molecule has 0 saturated carbocycles. The van der Waals surface area contributed by atoms with E-state index in [1.165, 1.54) is 16.7 Å². The van der Waals surface area contributed by atoms with Gasteiger partial charge < -0.3 is 24.3 Å². The summed E-state index contributed by atoms with van der Waals surface area (Å²) in [6, 6.07) is 22.7. The molecule has 1 heterocycles. The first-order valence-electron chi connectivity index (χ1n) is 10.3. The number of hydrogen-bond acceptors (Lipinski definition) is 4. The molecule has 4 rings (SSSR count). The Hall–Kier alpha value is -3.18. The zero-order valence-corrected chi connectivity index (χ0v) is 17.5. The van der Waals surface area contributed by atoms with Gasteiger partial charge in [-0.3, -0.25) is 0 Å². The van der Waals surface area contributed by atoms with Gasteiger partial charge in [-0.1, -0.05) is 24.3 Å². The number of fused-ring (bicyclic) bond motifs is 1. The number of nitrogens with two attached hydrogens (primary N) is 1. The van der Waals surface area contributed by atoms with Crippen molar-refractivity contribution in [1.29, 1.82) is 0 Å². The van der Waals surface area contributed by atoms with Gasteiger partial charge in [-0.05, 0) is 48.0 Å². The second kappa shape index (κ2) is 9.55. The van der Waals surface area contributed by atoms with Crippen molar-refractivity contribution in [1.82, 2.24) is 0 Å². The highest BCUT2D eigenvalue weighted by atomic mass is 16.7. The molecule has 1 aliphatic heterocycles. The van der Waals surface area contributed by atoms with E-state index in [-0.39, 0.29) is 12.7 Å².